The van der Waals surface area contributed by atoms with E-state index in [2.05, 4.69) is 35.5 Å². The maximum absolute atomic E-state index is 12.4. The fourth-order valence-electron chi connectivity index (χ4n) is 3.32. The lowest BCUT2D eigenvalue weighted by Crippen LogP contribution is -2.29. The smallest absolute Gasteiger partial charge is 0.251 e. The van der Waals surface area contributed by atoms with Crippen LogP contribution < -0.4 is 15.5 Å². The number of aryl methyl sites for hydroxylation is 1. The number of amides is 1. The predicted molar refractivity (Wildman–Crippen MR) is 109 cm³/mol. The molecule has 2 aromatic heterocycles. The minimum Gasteiger partial charge on any atom is -0.368 e. The highest BCUT2D eigenvalue weighted by Crippen LogP contribution is 2.20. The van der Waals surface area contributed by atoms with Crippen LogP contribution in [0.5, 0.6) is 0 Å². The van der Waals surface area contributed by atoms with Crippen LogP contribution in [0.4, 0.5) is 11.6 Å². The Kier molecular flexibility index (Phi) is 5.27. The average Bonchev–Trinajstić information content (AvgIpc) is 3.25. The molecule has 8 nitrogen and oxygen atoms in total. The lowest BCUT2D eigenvalue weighted by atomic mass is 10.2. The highest BCUT2D eigenvalue weighted by Gasteiger charge is 2.15. The fraction of sp³-hybridized carbons (Fsp3) is 0.350. The van der Waals surface area contributed by atoms with Crippen molar-refractivity contribution in [3.8, 4) is 0 Å². The minimum absolute atomic E-state index is 0.133. The number of nitrogens with zero attached hydrogens (tertiary/aromatic N) is 5. The van der Waals surface area contributed by atoms with E-state index in [0.717, 1.165) is 36.1 Å². The molecule has 28 heavy (non-hydrogen) atoms. The Balaban J connectivity index is 1.32. The van der Waals surface area contributed by atoms with Crippen LogP contribution >= 0.6 is 0 Å². The summed E-state index contributed by atoms with van der Waals surface area (Å²) in [6.45, 7) is 5.05. The molecule has 3 heterocycles. The summed E-state index contributed by atoms with van der Waals surface area (Å²) in [7, 11) is 0. The Hall–Kier alpha value is -3.29. The van der Waals surface area contributed by atoms with Gasteiger partial charge in [0.15, 0.2) is 0 Å². The Morgan fingerprint density at radius 2 is 1.82 bits per heavy atom. The van der Waals surface area contributed by atoms with Gasteiger partial charge in [0.25, 0.3) is 5.91 Å². The molecule has 3 aromatic rings. The summed E-state index contributed by atoms with van der Waals surface area (Å²) in [5, 5.41) is 6.19. The van der Waals surface area contributed by atoms with E-state index in [4.69, 9.17) is 0 Å². The second-order valence-electron chi connectivity index (χ2n) is 6.80. The summed E-state index contributed by atoms with van der Waals surface area (Å²) in [5.74, 6) is 2.36. The first-order chi connectivity index (χ1) is 13.7. The topological polar surface area (TPSA) is 95.9 Å². The molecule has 2 N–H and O–H groups in total. The normalized spacial score (nSPS) is 13.7. The molecule has 8 heteroatoms. The molecular formula is C20H23N7O. The molecule has 0 saturated carbocycles. The van der Waals surface area contributed by atoms with Crippen LogP contribution in [0.3, 0.4) is 0 Å². The number of rotatable bonds is 6. The number of benzene rings is 1. The van der Waals surface area contributed by atoms with Gasteiger partial charge in [0.1, 0.15) is 17.5 Å². The highest BCUT2D eigenvalue weighted by molar-refractivity contribution is 5.97. The summed E-state index contributed by atoms with van der Waals surface area (Å²) >= 11 is 0. The molecule has 1 amide bonds. The van der Waals surface area contributed by atoms with E-state index in [1.165, 1.54) is 12.8 Å². The Morgan fingerprint density at radius 3 is 2.64 bits per heavy atom. The van der Waals surface area contributed by atoms with Crippen LogP contribution in [0.25, 0.3) is 11.0 Å². The molecule has 0 unspecified atom stereocenters. The molecule has 0 radical (unpaired) electrons. The van der Waals surface area contributed by atoms with Crippen LogP contribution in [0.15, 0.2) is 36.7 Å². The van der Waals surface area contributed by atoms with Crippen LogP contribution in [0.1, 0.15) is 29.0 Å². The number of anilines is 2. The van der Waals surface area contributed by atoms with Crippen molar-refractivity contribution in [1.82, 2.24) is 25.3 Å². The fourth-order valence-corrected chi connectivity index (χ4v) is 3.32. The Morgan fingerprint density at radius 1 is 1.04 bits per heavy atom. The van der Waals surface area contributed by atoms with E-state index in [-0.39, 0.29) is 5.91 Å². The van der Waals surface area contributed by atoms with Gasteiger partial charge in [0.05, 0.1) is 11.0 Å². The van der Waals surface area contributed by atoms with E-state index in [9.17, 15) is 4.79 Å². The van der Waals surface area contributed by atoms with E-state index < -0.39 is 0 Å². The first-order valence-electron chi connectivity index (χ1n) is 9.52. The van der Waals surface area contributed by atoms with Crippen molar-refractivity contribution >= 4 is 28.6 Å². The highest BCUT2D eigenvalue weighted by atomic mass is 16.1. The van der Waals surface area contributed by atoms with Crippen molar-refractivity contribution in [2.24, 2.45) is 0 Å². The van der Waals surface area contributed by atoms with Crippen LogP contribution in [0.2, 0.25) is 0 Å². The van der Waals surface area contributed by atoms with Gasteiger partial charge < -0.3 is 15.5 Å². The minimum atomic E-state index is -0.133. The van der Waals surface area contributed by atoms with Crippen LogP contribution in [-0.2, 0) is 0 Å². The van der Waals surface area contributed by atoms with E-state index in [0.29, 0.717) is 24.2 Å². The van der Waals surface area contributed by atoms with Crippen molar-refractivity contribution in [2.75, 3.05) is 36.4 Å². The number of fused-ring (bicyclic) bond motifs is 1. The Labute approximate surface area is 163 Å². The van der Waals surface area contributed by atoms with Crippen molar-refractivity contribution in [3.63, 3.8) is 0 Å². The summed E-state index contributed by atoms with van der Waals surface area (Å²) in [4.78, 5) is 32.1. The molecule has 0 bridgehead atoms. The zero-order valence-corrected chi connectivity index (χ0v) is 15.9. The third kappa shape index (κ3) is 4.16. The number of hydrogen-bond acceptors (Lipinski definition) is 7. The zero-order chi connectivity index (χ0) is 19.3. The van der Waals surface area contributed by atoms with Crippen LogP contribution in [-0.4, -0.2) is 52.0 Å². The van der Waals surface area contributed by atoms with Crippen molar-refractivity contribution in [3.05, 3.63) is 48.0 Å². The standard InChI is InChI=1S/C20H23N7O/c1-14-25-18(13-19(26-14)27-10-2-3-11-27)23-8-9-24-20(28)15-4-5-16-17(12-15)22-7-6-21-16/h4-7,12-13H,2-3,8-11H2,1H3,(H,24,28)(H,23,25,26). The van der Waals surface area contributed by atoms with E-state index in [1.54, 1.807) is 30.6 Å². The second-order valence-corrected chi connectivity index (χ2v) is 6.80. The molecule has 1 aliphatic rings. The molecule has 0 atom stereocenters. The average molecular weight is 377 g/mol. The number of carbonyl (C=O) groups is 1. The summed E-state index contributed by atoms with van der Waals surface area (Å²) in [5.41, 5.74) is 2.05. The first kappa shape index (κ1) is 18.1. The number of hydrogen-bond donors (Lipinski definition) is 2. The number of carbonyl (C=O) groups excluding carboxylic acids is 1. The first-order valence-corrected chi connectivity index (χ1v) is 9.52. The third-order valence-electron chi connectivity index (χ3n) is 4.70. The predicted octanol–water partition coefficient (Wildman–Crippen LogP) is 2.17. The largest absolute Gasteiger partial charge is 0.368 e. The molecule has 4 rings (SSSR count). The van der Waals surface area contributed by atoms with Gasteiger partial charge in [-0.05, 0) is 38.0 Å². The molecule has 0 spiro atoms. The van der Waals surface area contributed by atoms with Gasteiger partial charge in [-0.15, -0.1) is 0 Å². The van der Waals surface area contributed by atoms with Gasteiger partial charge in [-0.2, -0.15) is 0 Å². The molecule has 1 aliphatic heterocycles. The van der Waals surface area contributed by atoms with Crippen LogP contribution in [0, 0.1) is 6.92 Å². The summed E-state index contributed by atoms with van der Waals surface area (Å²) in [6.07, 6.45) is 5.67. The SMILES string of the molecule is Cc1nc(NCCNC(=O)c2ccc3nccnc3c2)cc(N2CCCC2)n1. The second kappa shape index (κ2) is 8.16. The lowest BCUT2D eigenvalue weighted by Gasteiger charge is -2.17. The van der Waals surface area contributed by atoms with E-state index in [1.807, 2.05) is 13.0 Å². The maximum Gasteiger partial charge on any atom is 0.251 e. The summed E-state index contributed by atoms with van der Waals surface area (Å²) < 4.78 is 0. The van der Waals surface area contributed by atoms with Gasteiger partial charge in [0, 0.05) is 50.2 Å². The van der Waals surface area contributed by atoms with Crippen molar-refractivity contribution in [1.29, 1.82) is 0 Å². The lowest BCUT2D eigenvalue weighted by molar-refractivity contribution is 0.0955. The molecule has 144 valence electrons. The van der Waals surface area contributed by atoms with Gasteiger partial charge in [-0.25, -0.2) is 9.97 Å². The van der Waals surface area contributed by atoms with Gasteiger partial charge in [-0.3, -0.25) is 14.8 Å². The number of nitrogens with one attached hydrogen (secondary N) is 2. The molecule has 1 saturated heterocycles. The molecule has 1 aromatic carbocycles. The van der Waals surface area contributed by atoms with Gasteiger partial charge in [-0.1, -0.05) is 0 Å². The zero-order valence-electron chi connectivity index (χ0n) is 15.9. The third-order valence-corrected chi connectivity index (χ3v) is 4.70. The quantitative estimate of drug-likeness (QED) is 0.636. The van der Waals surface area contributed by atoms with Gasteiger partial charge in [0.2, 0.25) is 0 Å². The monoisotopic (exact) mass is 377 g/mol. The Bertz CT molecular complexity index is 985. The summed E-state index contributed by atoms with van der Waals surface area (Å²) in [6, 6.07) is 7.29. The molecule has 1 fully saturated rings. The van der Waals surface area contributed by atoms with Gasteiger partial charge >= 0.3 is 0 Å². The molecule has 0 aliphatic carbocycles. The molecular weight excluding hydrogens is 354 g/mol. The van der Waals surface area contributed by atoms with E-state index >= 15 is 0 Å². The van der Waals surface area contributed by atoms with Crippen molar-refractivity contribution in [2.45, 2.75) is 19.8 Å². The van der Waals surface area contributed by atoms with Crippen molar-refractivity contribution < 1.29 is 4.79 Å². The number of aromatic nitrogens is 4. The maximum atomic E-state index is 12.4.